The predicted molar refractivity (Wildman–Crippen MR) is 127 cm³/mol. The van der Waals surface area contributed by atoms with E-state index in [0.717, 1.165) is 18.5 Å². The van der Waals surface area contributed by atoms with Crippen molar-refractivity contribution in [2.24, 2.45) is 0 Å². The van der Waals surface area contributed by atoms with Gasteiger partial charge >= 0.3 is 5.97 Å². The number of benzene rings is 2. The number of nitrogens with one attached hydrogen (secondary N) is 2. The average molecular weight is 483 g/mol. The maximum absolute atomic E-state index is 13.6. The number of carbonyl (C=O) groups is 3. The molecule has 2 aromatic carbocycles. The molecule has 3 aromatic rings. The molecule has 1 heterocycles. The van der Waals surface area contributed by atoms with E-state index in [0.29, 0.717) is 0 Å². The summed E-state index contributed by atoms with van der Waals surface area (Å²) < 4.78 is 51.7. The van der Waals surface area contributed by atoms with Gasteiger partial charge in [-0.2, -0.15) is 0 Å². The van der Waals surface area contributed by atoms with Crippen molar-refractivity contribution in [1.82, 2.24) is 20.6 Å². The van der Waals surface area contributed by atoms with Gasteiger partial charge in [-0.25, -0.2) is 19.2 Å². The van der Waals surface area contributed by atoms with Crippen molar-refractivity contribution in [3.8, 4) is 0 Å². The number of nitrogens with zero attached hydrogens (tertiary/aromatic N) is 2. The van der Waals surface area contributed by atoms with Crippen molar-refractivity contribution in [3.05, 3.63) is 94.3 Å². The summed E-state index contributed by atoms with van der Waals surface area (Å²) in [6.45, 7) is 1.86. The Hall–Kier alpha value is -4.14. The van der Waals surface area contributed by atoms with Gasteiger partial charge in [0.15, 0.2) is 0 Å². The molecule has 0 bridgehead atoms. The summed E-state index contributed by atoms with van der Waals surface area (Å²) in [6.07, 6.45) is 0.909. The van der Waals surface area contributed by atoms with Crippen LogP contribution < -0.4 is 10.6 Å². The zero-order valence-corrected chi connectivity index (χ0v) is 19.6. The van der Waals surface area contributed by atoms with E-state index in [-0.39, 0.29) is 33.6 Å². The molecule has 0 aliphatic heterocycles. The van der Waals surface area contributed by atoms with E-state index in [1.807, 2.05) is 0 Å². The number of rotatable bonds is 7. The van der Waals surface area contributed by atoms with Gasteiger partial charge in [0.2, 0.25) is 0 Å². The number of amides is 2. The Balaban J connectivity index is 1.72. The van der Waals surface area contributed by atoms with Crippen LogP contribution in [0, 0.1) is 12.7 Å². The van der Waals surface area contributed by atoms with Crippen LogP contribution in [0.4, 0.5) is 4.39 Å². The zero-order chi connectivity index (χ0) is 29.2. The van der Waals surface area contributed by atoms with Gasteiger partial charge in [-0.05, 0) is 62.6 Å². The minimum absolute atomic E-state index is 0.00709. The number of halogens is 1. The number of hydrogen-bond acceptors (Lipinski definition) is 6. The van der Waals surface area contributed by atoms with Gasteiger partial charge in [-0.3, -0.25) is 9.59 Å². The lowest BCUT2D eigenvalue weighted by molar-refractivity contribution is 0.00692. The number of hydrogen-bond donors (Lipinski definition) is 2. The third kappa shape index (κ3) is 7.43. The number of aryl methyl sites for hydroxylation is 1. The summed E-state index contributed by atoms with van der Waals surface area (Å²) >= 11 is 0. The summed E-state index contributed by atoms with van der Waals surface area (Å²) in [5, 5.41) is 4.32. The fourth-order valence-electron chi connectivity index (χ4n) is 2.74. The van der Waals surface area contributed by atoms with Gasteiger partial charge < -0.3 is 15.4 Å². The predicted octanol–water partition coefficient (Wildman–Crippen LogP) is 3.74. The zero-order valence-electron chi connectivity index (χ0n) is 23.6. The molecule has 0 unspecified atom stereocenters. The Labute approximate surface area is 208 Å². The molecule has 35 heavy (non-hydrogen) atoms. The van der Waals surface area contributed by atoms with Crippen LogP contribution in [0.15, 0.2) is 54.9 Å². The minimum Gasteiger partial charge on any atom is -0.456 e. The summed E-state index contributed by atoms with van der Waals surface area (Å²) in [5.74, 6) is -3.04. The highest BCUT2D eigenvalue weighted by atomic mass is 19.1. The Morgan fingerprint density at radius 1 is 0.914 bits per heavy atom. The fraction of sp³-hybridized carbons (Fsp3) is 0.269. The van der Waals surface area contributed by atoms with Gasteiger partial charge in [0, 0.05) is 19.1 Å². The first kappa shape index (κ1) is 20.3. The molecular weight excluding hydrogens is 451 g/mol. The largest absolute Gasteiger partial charge is 0.456 e. The van der Waals surface area contributed by atoms with Gasteiger partial charge in [-0.15, -0.1) is 0 Å². The molecule has 0 saturated heterocycles. The number of esters is 1. The van der Waals surface area contributed by atoms with Crippen LogP contribution in [-0.2, 0) is 17.7 Å². The van der Waals surface area contributed by atoms with Crippen LogP contribution in [-0.4, -0.2) is 33.4 Å². The quantitative estimate of drug-likeness (QED) is 0.497. The van der Waals surface area contributed by atoms with E-state index in [1.54, 1.807) is 20.8 Å². The molecule has 0 fully saturated rings. The van der Waals surface area contributed by atoms with Gasteiger partial charge in [0.25, 0.3) is 11.8 Å². The van der Waals surface area contributed by atoms with Crippen molar-refractivity contribution >= 4 is 17.8 Å². The third-order valence-corrected chi connectivity index (χ3v) is 4.45. The Morgan fingerprint density at radius 3 is 2.00 bits per heavy atom. The van der Waals surface area contributed by atoms with E-state index < -0.39 is 42.2 Å². The van der Waals surface area contributed by atoms with Crippen LogP contribution in [0.5, 0.6) is 0 Å². The SMILES string of the molecule is [2H]C([2H])(NC(=O)c1cc(C(=O)NC([2H])([2H])c2ccc(F)c(C)c2)ncn1)c1ccc(C(=O)OC(C)(C)C)cc1. The van der Waals surface area contributed by atoms with Gasteiger partial charge in [0.1, 0.15) is 29.1 Å². The van der Waals surface area contributed by atoms with Crippen LogP contribution in [0.3, 0.4) is 0 Å². The molecule has 8 nitrogen and oxygen atoms in total. The molecule has 3 rings (SSSR count). The molecular formula is C26H27FN4O4. The maximum Gasteiger partial charge on any atom is 0.338 e. The van der Waals surface area contributed by atoms with E-state index in [1.165, 1.54) is 43.3 Å². The molecule has 1 aromatic heterocycles. The highest BCUT2D eigenvalue weighted by Gasteiger charge is 2.18. The smallest absolute Gasteiger partial charge is 0.338 e. The molecule has 0 saturated carbocycles. The van der Waals surface area contributed by atoms with E-state index in [2.05, 4.69) is 20.6 Å². The number of carbonyl (C=O) groups excluding carboxylic acids is 3. The number of aromatic nitrogens is 2. The van der Waals surface area contributed by atoms with Gasteiger partial charge in [0.05, 0.1) is 11.0 Å². The lowest BCUT2D eigenvalue weighted by Gasteiger charge is -2.19. The van der Waals surface area contributed by atoms with Crippen molar-refractivity contribution in [1.29, 1.82) is 0 Å². The van der Waals surface area contributed by atoms with Crippen molar-refractivity contribution < 1.29 is 29.0 Å². The second kappa shape index (κ2) is 10.9. The third-order valence-electron chi connectivity index (χ3n) is 4.45. The van der Waals surface area contributed by atoms with Crippen LogP contribution >= 0.6 is 0 Å². The van der Waals surface area contributed by atoms with Crippen molar-refractivity contribution in [2.75, 3.05) is 0 Å². The summed E-state index contributed by atoms with van der Waals surface area (Å²) in [4.78, 5) is 45.2. The summed E-state index contributed by atoms with van der Waals surface area (Å²) in [6, 6.07) is 9.93. The first-order valence-electron chi connectivity index (χ1n) is 12.6. The molecule has 0 aliphatic carbocycles. The highest BCUT2D eigenvalue weighted by molar-refractivity contribution is 5.97. The molecule has 0 aliphatic rings. The first-order valence-corrected chi connectivity index (χ1v) is 10.6. The fourth-order valence-corrected chi connectivity index (χ4v) is 2.74. The Kier molecular flexibility index (Phi) is 6.28. The van der Waals surface area contributed by atoms with E-state index in [4.69, 9.17) is 10.2 Å². The molecule has 0 spiro atoms. The van der Waals surface area contributed by atoms with Crippen LogP contribution in [0.1, 0.15) is 74.3 Å². The van der Waals surface area contributed by atoms with Crippen molar-refractivity contribution in [3.63, 3.8) is 0 Å². The molecule has 0 atom stereocenters. The second-order valence-electron chi connectivity index (χ2n) is 8.49. The normalized spacial score (nSPS) is 13.5. The molecule has 9 heteroatoms. The first-order chi connectivity index (χ1) is 18.0. The average Bonchev–Trinajstić information content (AvgIpc) is 2.84. The van der Waals surface area contributed by atoms with E-state index >= 15 is 0 Å². The summed E-state index contributed by atoms with van der Waals surface area (Å²) in [7, 11) is 0. The van der Waals surface area contributed by atoms with Crippen LogP contribution in [0.2, 0.25) is 0 Å². The topological polar surface area (TPSA) is 110 Å². The minimum atomic E-state index is -2.38. The van der Waals surface area contributed by atoms with Crippen molar-refractivity contribution in [2.45, 2.75) is 46.3 Å². The van der Waals surface area contributed by atoms with E-state index in [9.17, 15) is 18.8 Å². The maximum atomic E-state index is 13.6. The highest BCUT2D eigenvalue weighted by Crippen LogP contribution is 2.13. The molecule has 2 amide bonds. The Morgan fingerprint density at radius 2 is 1.46 bits per heavy atom. The standard InChI is InChI=1S/C26H27FN4O4/c1-16-11-18(7-10-20(16)27)14-29-24(33)22-12-21(30-15-31-22)23(32)28-13-17-5-8-19(9-6-17)25(34)35-26(2,3)4/h5-12,15H,13-14H2,1-4H3,(H,28,32)(H,29,33)/i13D2,14D2. The molecule has 182 valence electrons. The Bertz CT molecular complexity index is 1410. The lowest BCUT2D eigenvalue weighted by Crippen LogP contribution is -2.27. The number of ether oxygens (including phenoxy) is 1. The molecule has 0 radical (unpaired) electrons. The van der Waals surface area contributed by atoms with Crippen LogP contribution in [0.25, 0.3) is 0 Å². The summed E-state index contributed by atoms with van der Waals surface area (Å²) in [5.41, 5.74) is -0.944. The monoisotopic (exact) mass is 482 g/mol. The second-order valence-corrected chi connectivity index (χ2v) is 8.49. The van der Waals surface area contributed by atoms with Gasteiger partial charge in [-0.1, -0.05) is 24.3 Å². The molecule has 2 N–H and O–H groups in total. The lowest BCUT2D eigenvalue weighted by atomic mass is 10.1.